The van der Waals surface area contributed by atoms with Crippen molar-refractivity contribution in [2.24, 2.45) is 5.92 Å². The number of rotatable bonds is 5. The number of carbonyl (C=O) groups excluding carboxylic acids is 2. The number of aromatic amines is 1. The summed E-state index contributed by atoms with van der Waals surface area (Å²) in [5.74, 6) is -2.12. The van der Waals surface area contributed by atoms with Gasteiger partial charge in [0, 0.05) is 46.4 Å². The van der Waals surface area contributed by atoms with Gasteiger partial charge < -0.3 is 25.6 Å². The number of aromatic nitrogens is 2. The Morgan fingerprint density at radius 3 is 2.72 bits per heavy atom. The number of likely N-dealkylation sites (N-methyl/N-ethyl adjacent to an activating group) is 1. The Kier molecular flexibility index (Phi) is 7.89. The van der Waals surface area contributed by atoms with E-state index in [1.165, 1.54) is 11.3 Å². The number of fused-ring (bicyclic) bond motifs is 2. The van der Waals surface area contributed by atoms with E-state index in [0.717, 1.165) is 41.0 Å². The Balaban J connectivity index is 0.00000304. The standard InChI is InChI=1S/C24H26ClN5O4S.ClH/c1-30-7-6-17-20(11-30)35-23(29-17)22(32)28-18-9-12(24(33)34)2-4-16(18)27-21(31)19-10-13-8-14(25)3-5-15(13)26-19;/h3,5,8,10,12,16,18,26H,2,4,6-7,9,11H2,1H3,(H,27,31)(H,28,32)(H,33,34);1H/t12-,16+,18-;/m0./s1. The minimum Gasteiger partial charge on any atom is -0.481 e. The van der Waals surface area contributed by atoms with Crippen LogP contribution in [0.5, 0.6) is 0 Å². The minimum atomic E-state index is -0.894. The summed E-state index contributed by atoms with van der Waals surface area (Å²) in [5, 5.41) is 17.3. The van der Waals surface area contributed by atoms with Crippen molar-refractivity contribution in [2.75, 3.05) is 13.6 Å². The van der Waals surface area contributed by atoms with E-state index in [0.29, 0.717) is 28.6 Å². The molecule has 0 unspecified atom stereocenters. The van der Waals surface area contributed by atoms with Gasteiger partial charge in [0.05, 0.1) is 17.7 Å². The fourth-order valence-electron chi connectivity index (χ4n) is 4.85. The molecule has 4 N–H and O–H groups in total. The molecule has 0 spiro atoms. The van der Waals surface area contributed by atoms with Crippen molar-refractivity contribution in [3.63, 3.8) is 0 Å². The van der Waals surface area contributed by atoms with Crippen LogP contribution in [0.25, 0.3) is 10.9 Å². The second-order valence-electron chi connectivity index (χ2n) is 9.30. The molecule has 36 heavy (non-hydrogen) atoms. The maximum atomic E-state index is 13.1. The molecule has 3 atom stereocenters. The zero-order valence-corrected chi connectivity index (χ0v) is 21.9. The second-order valence-corrected chi connectivity index (χ2v) is 10.8. The first-order valence-corrected chi connectivity index (χ1v) is 12.8. The highest BCUT2D eigenvalue weighted by Crippen LogP contribution is 2.28. The van der Waals surface area contributed by atoms with Crippen LogP contribution in [-0.2, 0) is 17.8 Å². The lowest BCUT2D eigenvalue weighted by atomic mass is 9.82. The molecule has 0 radical (unpaired) electrons. The molecule has 1 fully saturated rings. The Morgan fingerprint density at radius 2 is 1.94 bits per heavy atom. The molecule has 0 saturated heterocycles. The molecule has 1 aromatic carbocycles. The zero-order chi connectivity index (χ0) is 24.7. The van der Waals surface area contributed by atoms with E-state index in [1.54, 1.807) is 24.3 Å². The first-order chi connectivity index (χ1) is 16.8. The van der Waals surface area contributed by atoms with E-state index >= 15 is 0 Å². The monoisotopic (exact) mass is 551 g/mol. The number of nitrogens with zero attached hydrogens (tertiary/aromatic N) is 2. The van der Waals surface area contributed by atoms with Crippen LogP contribution in [0.1, 0.15) is 50.1 Å². The van der Waals surface area contributed by atoms with Crippen LogP contribution >= 0.6 is 35.3 Å². The van der Waals surface area contributed by atoms with Gasteiger partial charge in [0.1, 0.15) is 5.69 Å². The number of carboxylic acid groups (broad SMARTS) is 1. The molecule has 3 aromatic rings. The van der Waals surface area contributed by atoms with E-state index in [1.807, 2.05) is 7.05 Å². The molecule has 0 bridgehead atoms. The summed E-state index contributed by atoms with van der Waals surface area (Å²) < 4.78 is 0. The Labute approximate surface area is 223 Å². The Morgan fingerprint density at radius 1 is 1.17 bits per heavy atom. The maximum absolute atomic E-state index is 13.1. The lowest BCUT2D eigenvalue weighted by molar-refractivity contribution is -0.143. The van der Waals surface area contributed by atoms with Gasteiger partial charge in [-0.3, -0.25) is 14.4 Å². The predicted molar refractivity (Wildman–Crippen MR) is 140 cm³/mol. The number of thiazole rings is 1. The molecular formula is C24H27Cl2N5O4S. The topological polar surface area (TPSA) is 127 Å². The van der Waals surface area contributed by atoms with E-state index < -0.39 is 24.0 Å². The van der Waals surface area contributed by atoms with E-state index in [9.17, 15) is 19.5 Å². The number of hydrogen-bond acceptors (Lipinski definition) is 6. The Hall–Kier alpha value is -2.66. The second kappa shape index (κ2) is 10.8. The van der Waals surface area contributed by atoms with Crippen LogP contribution in [0.15, 0.2) is 24.3 Å². The largest absolute Gasteiger partial charge is 0.481 e. The van der Waals surface area contributed by atoms with Crippen LogP contribution in [0.2, 0.25) is 5.02 Å². The molecule has 2 amide bonds. The summed E-state index contributed by atoms with van der Waals surface area (Å²) in [7, 11) is 2.03. The molecule has 2 aromatic heterocycles. The van der Waals surface area contributed by atoms with E-state index in [4.69, 9.17) is 11.6 Å². The number of carbonyl (C=O) groups is 3. The first-order valence-electron chi connectivity index (χ1n) is 11.6. The third-order valence-electron chi connectivity index (χ3n) is 6.78. The third-order valence-corrected chi connectivity index (χ3v) is 8.09. The molecule has 5 rings (SSSR count). The number of benzene rings is 1. The molecule has 2 aliphatic rings. The van der Waals surface area contributed by atoms with Gasteiger partial charge >= 0.3 is 5.97 Å². The van der Waals surface area contributed by atoms with Crippen molar-refractivity contribution in [1.29, 1.82) is 0 Å². The van der Waals surface area contributed by atoms with Crippen molar-refractivity contribution < 1.29 is 19.5 Å². The summed E-state index contributed by atoms with van der Waals surface area (Å²) in [6.07, 6.45) is 1.91. The zero-order valence-electron chi connectivity index (χ0n) is 19.5. The third kappa shape index (κ3) is 5.51. The minimum absolute atomic E-state index is 0. The van der Waals surface area contributed by atoms with Crippen LogP contribution in [-0.4, -0.2) is 63.4 Å². The highest BCUT2D eigenvalue weighted by atomic mass is 35.5. The normalized spacial score (nSPS) is 21.9. The summed E-state index contributed by atoms with van der Waals surface area (Å²) >= 11 is 7.43. The van der Waals surface area contributed by atoms with Crippen molar-refractivity contribution >= 4 is 64.0 Å². The van der Waals surface area contributed by atoms with Crippen molar-refractivity contribution in [3.05, 3.63) is 50.6 Å². The molecule has 1 aliphatic heterocycles. The van der Waals surface area contributed by atoms with Gasteiger partial charge in [0.2, 0.25) is 0 Å². The predicted octanol–water partition coefficient (Wildman–Crippen LogP) is 3.47. The van der Waals surface area contributed by atoms with Gasteiger partial charge in [-0.25, -0.2) is 4.98 Å². The quantitative estimate of drug-likeness (QED) is 0.384. The fraction of sp³-hybridized carbons (Fsp3) is 0.417. The lowest BCUT2D eigenvalue weighted by Gasteiger charge is -2.35. The molecule has 12 heteroatoms. The molecule has 9 nitrogen and oxygen atoms in total. The molecular weight excluding hydrogens is 525 g/mol. The van der Waals surface area contributed by atoms with Gasteiger partial charge in [0.15, 0.2) is 5.01 Å². The number of halogens is 2. The summed E-state index contributed by atoms with van der Waals surface area (Å²) in [5.41, 5.74) is 2.12. The highest BCUT2D eigenvalue weighted by Gasteiger charge is 2.36. The number of aliphatic carboxylic acids is 1. The molecule has 1 aliphatic carbocycles. The van der Waals surface area contributed by atoms with Crippen molar-refractivity contribution in [3.8, 4) is 0 Å². The SMILES string of the molecule is CN1CCc2nc(C(=O)N[C@H]3C[C@@H](C(=O)O)CC[C@H]3NC(=O)c3cc4cc(Cl)ccc4[nH]3)sc2C1.Cl. The Bertz CT molecular complexity index is 1310. The van der Waals surface area contributed by atoms with Gasteiger partial charge in [-0.05, 0) is 50.6 Å². The van der Waals surface area contributed by atoms with Crippen LogP contribution < -0.4 is 10.6 Å². The number of nitrogens with one attached hydrogen (secondary N) is 3. The average Bonchev–Trinajstić information content (AvgIpc) is 3.43. The lowest BCUT2D eigenvalue weighted by Crippen LogP contribution is -2.55. The maximum Gasteiger partial charge on any atom is 0.306 e. The average molecular weight is 552 g/mol. The van der Waals surface area contributed by atoms with Gasteiger partial charge in [-0.1, -0.05) is 11.6 Å². The van der Waals surface area contributed by atoms with Crippen LogP contribution in [0, 0.1) is 5.92 Å². The number of carboxylic acids is 1. The summed E-state index contributed by atoms with van der Waals surface area (Å²) in [6.45, 7) is 1.66. The molecule has 192 valence electrons. The van der Waals surface area contributed by atoms with Gasteiger partial charge in [-0.15, -0.1) is 23.7 Å². The first kappa shape index (κ1) is 26.4. The number of hydrogen-bond donors (Lipinski definition) is 4. The van der Waals surface area contributed by atoms with E-state index in [2.05, 4.69) is 25.5 Å². The van der Waals surface area contributed by atoms with Gasteiger partial charge in [-0.2, -0.15) is 0 Å². The smallest absolute Gasteiger partial charge is 0.306 e. The molecule has 1 saturated carbocycles. The van der Waals surface area contributed by atoms with E-state index in [-0.39, 0.29) is 30.6 Å². The van der Waals surface area contributed by atoms with Crippen LogP contribution in [0.3, 0.4) is 0 Å². The van der Waals surface area contributed by atoms with Crippen molar-refractivity contribution in [2.45, 2.75) is 44.3 Å². The molecule has 3 heterocycles. The fourth-order valence-corrected chi connectivity index (χ4v) is 6.12. The number of amides is 2. The van der Waals surface area contributed by atoms with Crippen LogP contribution in [0.4, 0.5) is 0 Å². The number of H-pyrrole nitrogens is 1. The van der Waals surface area contributed by atoms with Crippen molar-refractivity contribution in [1.82, 2.24) is 25.5 Å². The highest BCUT2D eigenvalue weighted by molar-refractivity contribution is 7.13. The summed E-state index contributed by atoms with van der Waals surface area (Å²) in [6, 6.07) is 6.12. The van der Waals surface area contributed by atoms with Gasteiger partial charge in [0.25, 0.3) is 11.8 Å². The summed E-state index contributed by atoms with van der Waals surface area (Å²) in [4.78, 5) is 48.7.